The number of nitrogens with one attached hydrogen (secondary N) is 2. The molecule has 1 aliphatic rings. The van der Waals surface area contributed by atoms with Crippen LogP contribution in [0.4, 0.5) is 5.82 Å². The Balaban J connectivity index is 1.89. The number of rotatable bonds is 2. The van der Waals surface area contributed by atoms with Crippen LogP contribution in [-0.4, -0.2) is 29.1 Å². The van der Waals surface area contributed by atoms with Gasteiger partial charge in [0.25, 0.3) is 0 Å². The fourth-order valence-corrected chi connectivity index (χ4v) is 3.19. The van der Waals surface area contributed by atoms with Gasteiger partial charge in [0.15, 0.2) is 0 Å². The SMILES string of the molecule is Cc1csc2c(NC3CCNCC3)ncnc12. The maximum Gasteiger partial charge on any atom is 0.147 e. The van der Waals surface area contributed by atoms with E-state index in [0.717, 1.165) is 37.3 Å². The van der Waals surface area contributed by atoms with E-state index in [-0.39, 0.29) is 0 Å². The average molecular weight is 248 g/mol. The van der Waals surface area contributed by atoms with E-state index in [9.17, 15) is 0 Å². The van der Waals surface area contributed by atoms with Gasteiger partial charge in [0.2, 0.25) is 0 Å². The zero-order chi connectivity index (χ0) is 11.7. The molecular weight excluding hydrogens is 232 g/mol. The van der Waals surface area contributed by atoms with Gasteiger partial charge in [0.05, 0.1) is 10.2 Å². The Labute approximate surface area is 104 Å². The first-order valence-electron chi connectivity index (χ1n) is 6.00. The molecule has 0 saturated carbocycles. The third-order valence-corrected chi connectivity index (χ3v) is 4.30. The minimum absolute atomic E-state index is 0.539. The van der Waals surface area contributed by atoms with Crippen LogP contribution >= 0.6 is 11.3 Å². The van der Waals surface area contributed by atoms with E-state index in [0.29, 0.717) is 6.04 Å². The molecule has 0 spiro atoms. The molecule has 5 heteroatoms. The quantitative estimate of drug-likeness (QED) is 0.855. The van der Waals surface area contributed by atoms with Crippen molar-refractivity contribution in [2.24, 2.45) is 0 Å². The second kappa shape index (κ2) is 4.58. The molecule has 17 heavy (non-hydrogen) atoms. The van der Waals surface area contributed by atoms with E-state index < -0.39 is 0 Å². The van der Waals surface area contributed by atoms with Crippen molar-refractivity contribution in [1.29, 1.82) is 0 Å². The van der Waals surface area contributed by atoms with Gasteiger partial charge in [0.1, 0.15) is 12.1 Å². The minimum atomic E-state index is 0.539. The van der Waals surface area contributed by atoms with Gasteiger partial charge in [0, 0.05) is 6.04 Å². The Morgan fingerprint density at radius 1 is 1.35 bits per heavy atom. The zero-order valence-electron chi connectivity index (χ0n) is 9.86. The molecular formula is C12H16N4S. The van der Waals surface area contributed by atoms with Crippen molar-refractivity contribution in [2.75, 3.05) is 18.4 Å². The second-order valence-electron chi connectivity index (χ2n) is 4.49. The largest absolute Gasteiger partial charge is 0.366 e. The summed E-state index contributed by atoms with van der Waals surface area (Å²) in [6.07, 6.45) is 3.98. The van der Waals surface area contributed by atoms with Crippen molar-refractivity contribution in [1.82, 2.24) is 15.3 Å². The van der Waals surface area contributed by atoms with Crippen LogP contribution in [0.5, 0.6) is 0 Å². The highest BCUT2D eigenvalue weighted by Gasteiger charge is 2.15. The highest BCUT2D eigenvalue weighted by Crippen LogP contribution is 2.29. The summed E-state index contributed by atoms with van der Waals surface area (Å²) in [7, 11) is 0. The van der Waals surface area contributed by atoms with Crippen LogP contribution in [-0.2, 0) is 0 Å². The number of nitrogens with zero attached hydrogens (tertiary/aromatic N) is 2. The van der Waals surface area contributed by atoms with Crippen LogP contribution in [0.1, 0.15) is 18.4 Å². The number of piperidine rings is 1. The summed E-state index contributed by atoms with van der Waals surface area (Å²) in [5.74, 6) is 1.00. The fourth-order valence-electron chi connectivity index (χ4n) is 2.23. The molecule has 0 radical (unpaired) electrons. The van der Waals surface area contributed by atoms with Gasteiger partial charge >= 0.3 is 0 Å². The van der Waals surface area contributed by atoms with Crippen molar-refractivity contribution in [2.45, 2.75) is 25.8 Å². The first-order valence-corrected chi connectivity index (χ1v) is 6.88. The normalized spacial score (nSPS) is 17.5. The summed E-state index contributed by atoms with van der Waals surface area (Å²) < 4.78 is 1.18. The Hall–Kier alpha value is -1.20. The summed E-state index contributed by atoms with van der Waals surface area (Å²) in [6.45, 7) is 4.28. The summed E-state index contributed by atoms with van der Waals surface area (Å²) >= 11 is 1.73. The Morgan fingerprint density at radius 3 is 3.00 bits per heavy atom. The van der Waals surface area contributed by atoms with Crippen molar-refractivity contribution < 1.29 is 0 Å². The van der Waals surface area contributed by atoms with Gasteiger partial charge in [-0.25, -0.2) is 9.97 Å². The lowest BCUT2D eigenvalue weighted by atomic mass is 10.1. The predicted octanol–water partition coefficient (Wildman–Crippen LogP) is 2.16. The topological polar surface area (TPSA) is 49.8 Å². The molecule has 0 aromatic carbocycles. The van der Waals surface area contributed by atoms with Crippen LogP contribution in [0.2, 0.25) is 0 Å². The maximum atomic E-state index is 4.38. The molecule has 3 rings (SSSR count). The number of fused-ring (bicyclic) bond motifs is 1. The smallest absolute Gasteiger partial charge is 0.147 e. The molecule has 3 heterocycles. The van der Waals surface area contributed by atoms with Gasteiger partial charge in [-0.15, -0.1) is 11.3 Å². The average Bonchev–Trinajstić information content (AvgIpc) is 2.74. The third-order valence-electron chi connectivity index (χ3n) is 3.21. The van der Waals surface area contributed by atoms with Crippen molar-refractivity contribution >= 4 is 27.4 Å². The van der Waals surface area contributed by atoms with E-state index in [4.69, 9.17) is 0 Å². The fraction of sp³-hybridized carbons (Fsp3) is 0.500. The van der Waals surface area contributed by atoms with Gasteiger partial charge in [-0.2, -0.15) is 0 Å². The molecule has 0 amide bonds. The molecule has 1 fully saturated rings. The van der Waals surface area contributed by atoms with Crippen molar-refractivity contribution in [3.63, 3.8) is 0 Å². The predicted molar refractivity (Wildman–Crippen MR) is 71.7 cm³/mol. The lowest BCUT2D eigenvalue weighted by Crippen LogP contribution is -2.35. The Kier molecular flexibility index (Phi) is 2.94. The van der Waals surface area contributed by atoms with E-state index in [1.165, 1.54) is 10.3 Å². The maximum absolute atomic E-state index is 4.38. The first-order chi connectivity index (χ1) is 8.34. The highest BCUT2D eigenvalue weighted by molar-refractivity contribution is 7.18. The van der Waals surface area contributed by atoms with E-state index in [2.05, 4.69) is 32.9 Å². The molecule has 2 N–H and O–H groups in total. The van der Waals surface area contributed by atoms with Gasteiger partial charge in [-0.3, -0.25) is 0 Å². The standard InChI is InChI=1S/C12H16N4S/c1-8-6-17-11-10(8)14-7-15-12(11)16-9-2-4-13-5-3-9/h6-7,9,13H,2-5H2,1H3,(H,14,15,16). The lowest BCUT2D eigenvalue weighted by Gasteiger charge is -2.24. The second-order valence-corrected chi connectivity index (χ2v) is 5.37. The molecule has 0 unspecified atom stereocenters. The molecule has 2 aromatic heterocycles. The van der Waals surface area contributed by atoms with Crippen molar-refractivity contribution in [3.05, 3.63) is 17.3 Å². The van der Waals surface area contributed by atoms with Crippen LogP contribution in [0, 0.1) is 6.92 Å². The van der Waals surface area contributed by atoms with E-state index in [1.54, 1.807) is 17.7 Å². The monoisotopic (exact) mass is 248 g/mol. The third kappa shape index (κ3) is 2.12. The molecule has 90 valence electrons. The number of anilines is 1. The van der Waals surface area contributed by atoms with Crippen LogP contribution < -0.4 is 10.6 Å². The summed E-state index contributed by atoms with van der Waals surface area (Å²) in [5.41, 5.74) is 2.32. The van der Waals surface area contributed by atoms with Gasteiger partial charge in [-0.1, -0.05) is 0 Å². The summed E-state index contributed by atoms with van der Waals surface area (Å²) in [4.78, 5) is 8.72. The molecule has 1 saturated heterocycles. The van der Waals surface area contributed by atoms with Gasteiger partial charge in [-0.05, 0) is 43.8 Å². The van der Waals surface area contributed by atoms with Crippen LogP contribution in [0.15, 0.2) is 11.7 Å². The molecule has 4 nitrogen and oxygen atoms in total. The molecule has 0 bridgehead atoms. The van der Waals surface area contributed by atoms with Crippen LogP contribution in [0.3, 0.4) is 0 Å². The first kappa shape index (κ1) is 10.9. The number of thiophene rings is 1. The zero-order valence-corrected chi connectivity index (χ0v) is 10.7. The van der Waals surface area contributed by atoms with E-state index in [1.807, 2.05) is 0 Å². The number of aromatic nitrogens is 2. The van der Waals surface area contributed by atoms with Gasteiger partial charge < -0.3 is 10.6 Å². The Morgan fingerprint density at radius 2 is 2.18 bits per heavy atom. The number of hydrogen-bond donors (Lipinski definition) is 2. The number of hydrogen-bond acceptors (Lipinski definition) is 5. The van der Waals surface area contributed by atoms with E-state index >= 15 is 0 Å². The molecule has 1 aliphatic heterocycles. The highest BCUT2D eigenvalue weighted by atomic mass is 32.1. The summed E-state index contributed by atoms with van der Waals surface area (Å²) in [5, 5.41) is 9.07. The molecule has 0 atom stereocenters. The molecule has 0 aliphatic carbocycles. The summed E-state index contributed by atoms with van der Waals surface area (Å²) in [6, 6.07) is 0.539. The molecule has 2 aromatic rings. The number of aryl methyl sites for hydroxylation is 1. The van der Waals surface area contributed by atoms with Crippen LogP contribution in [0.25, 0.3) is 10.2 Å². The Bertz CT molecular complexity index is 516. The van der Waals surface area contributed by atoms with Crippen molar-refractivity contribution in [3.8, 4) is 0 Å². The lowest BCUT2D eigenvalue weighted by molar-refractivity contribution is 0.478. The minimum Gasteiger partial charge on any atom is -0.366 e.